The van der Waals surface area contributed by atoms with Crippen molar-refractivity contribution in [2.24, 2.45) is 23.5 Å². The van der Waals surface area contributed by atoms with Crippen LogP contribution in [0, 0.1) is 17.8 Å². The second kappa shape index (κ2) is 6.54. The molecule has 0 radical (unpaired) electrons. The maximum Gasteiger partial charge on any atom is 0.220 e. The Hall–Kier alpha value is -2.30. The molecule has 1 amide bonds. The molecule has 4 rings (SSSR count). The van der Waals surface area contributed by atoms with Crippen LogP contribution in [0.5, 0.6) is 11.5 Å². The van der Waals surface area contributed by atoms with Crippen molar-refractivity contribution >= 4 is 16.8 Å². The van der Waals surface area contributed by atoms with Gasteiger partial charge in [0.15, 0.2) is 0 Å². The topological polar surface area (TPSA) is 74.4 Å². The van der Waals surface area contributed by atoms with E-state index in [4.69, 9.17) is 15.2 Å². The first-order valence-electron chi connectivity index (χ1n) is 9.03. The Morgan fingerprint density at radius 3 is 2.76 bits per heavy atom. The molecule has 1 aliphatic carbocycles. The van der Waals surface area contributed by atoms with Gasteiger partial charge in [-0.3, -0.25) is 9.78 Å². The zero-order valence-electron chi connectivity index (χ0n) is 14.5. The molecule has 1 saturated carbocycles. The van der Waals surface area contributed by atoms with Crippen LogP contribution in [0.1, 0.15) is 31.2 Å². The molecule has 1 aliphatic heterocycles. The Morgan fingerprint density at radius 2 is 2.04 bits per heavy atom. The van der Waals surface area contributed by atoms with Crippen LogP contribution in [0.2, 0.25) is 0 Å². The Kier molecular flexibility index (Phi) is 4.24. The zero-order valence-corrected chi connectivity index (χ0v) is 14.5. The predicted molar refractivity (Wildman–Crippen MR) is 95.6 cm³/mol. The summed E-state index contributed by atoms with van der Waals surface area (Å²) >= 11 is 0. The van der Waals surface area contributed by atoms with Gasteiger partial charge in [0, 0.05) is 16.9 Å². The predicted octanol–water partition coefficient (Wildman–Crippen LogP) is 3.09. The Balaban J connectivity index is 1.58. The van der Waals surface area contributed by atoms with Crippen molar-refractivity contribution in [2.45, 2.75) is 32.1 Å². The number of hydrogen-bond acceptors (Lipinski definition) is 4. The van der Waals surface area contributed by atoms with E-state index in [0.29, 0.717) is 11.8 Å². The molecular formula is C20H24N2O3. The van der Waals surface area contributed by atoms with Crippen LogP contribution in [0.15, 0.2) is 24.4 Å². The number of methoxy groups -OCH3 is 1. The summed E-state index contributed by atoms with van der Waals surface area (Å²) in [5.41, 5.74) is 7.67. The Bertz CT molecular complexity index is 792. The van der Waals surface area contributed by atoms with Gasteiger partial charge in [-0.15, -0.1) is 0 Å². The quantitative estimate of drug-likeness (QED) is 0.932. The van der Waals surface area contributed by atoms with Crippen LogP contribution in [0.25, 0.3) is 10.9 Å². The third kappa shape index (κ3) is 3.03. The summed E-state index contributed by atoms with van der Waals surface area (Å²) in [7, 11) is 1.68. The molecule has 1 aromatic carbocycles. The highest BCUT2D eigenvalue weighted by Crippen LogP contribution is 2.40. The molecule has 5 nitrogen and oxygen atoms in total. The van der Waals surface area contributed by atoms with Crippen molar-refractivity contribution in [1.29, 1.82) is 0 Å². The highest BCUT2D eigenvalue weighted by molar-refractivity contribution is 5.85. The second-order valence-electron chi connectivity index (χ2n) is 7.27. The monoisotopic (exact) mass is 340 g/mol. The van der Waals surface area contributed by atoms with Crippen LogP contribution in [-0.4, -0.2) is 24.6 Å². The summed E-state index contributed by atoms with van der Waals surface area (Å²) in [6.07, 6.45) is 6.77. The summed E-state index contributed by atoms with van der Waals surface area (Å²) in [6, 6.07) is 5.99. The molecule has 0 bridgehead atoms. The van der Waals surface area contributed by atoms with Crippen molar-refractivity contribution in [3.63, 3.8) is 0 Å². The highest BCUT2D eigenvalue weighted by Gasteiger charge is 2.33. The molecule has 2 N–H and O–H groups in total. The van der Waals surface area contributed by atoms with Gasteiger partial charge in [0.2, 0.25) is 5.91 Å². The zero-order chi connectivity index (χ0) is 17.4. The highest BCUT2D eigenvalue weighted by atomic mass is 16.5. The van der Waals surface area contributed by atoms with Gasteiger partial charge >= 0.3 is 0 Å². The number of carbonyl (C=O) groups is 1. The standard InChI is InChI=1S/C20H24N2O3/c1-24-15-6-7-18-16(9-15)17-8-14(11-25-19(17)10-22-18)12-2-4-13(5-3-12)20(21)23/h6-7,9-10,12-14H,2-5,8,11H2,1H3,(H2,21,23)/t12-,13-,14?. The maximum atomic E-state index is 11.4. The summed E-state index contributed by atoms with van der Waals surface area (Å²) in [4.78, 5) is 15.9. The van der Waals surface area contributed by atoms with E-state index in [1.807, 2.05) is 18.3 Å². The third-order valence-corrected chi connectivity index (χ3v) is 5.91. The lowest BCUT2D eigenvalue weighted by Crippen LogP contribution is -2.34. The molecule has 0 saturated heterocycles. The van der Waals surface area contributed by atoms with E-state index in [2.05, 4.69) is 11.1 Å². The largest absolute Gasteiger partial charge is 0.497 e. The van der Waals surface area contributed by atoms with Gasteiger partial charge in [-0.1, -0.05) is 0 Å². The number of hydrogen-bond donors (Lipinski definition) is 1. The lowest BCUT2D eigenvalue weighted by atomic mass is 9.73. The fourth-order valence-corrected chi connectivity index (χ4v) is 4.37. The molecule has 1 atom stereocenters. The van der Waals surface area contributed by atoms with Crippen LogP contribution >= 0.6 is 0 Å². The maximum absolute atomic E-state index is 11.4. The first kappa shape index (κ1) is 16.2. The molecule has 2 aliphatic rings. The fourth-order valence-electron chi connectivity index (χ4n) is 4.37. The number of fused-ring (bicyclic) bond motifs is 3. The Labute approximate surface area is 147 Å². The van der Waals surface area contributed by atoms with Gasteiger partial charge in [0.1, 0.15) is 11.5 Å². The van der Waals surface area contributed by atoms with E-state index in [9.17, 15) is 4.79 Å². The van der Waals surface area contributed by atoms with Gasteiger partial charge in [-0.05, 0) is 62.1 Å². The van der Waals surface area contributed by atoms with Crippen molar-refractivity contribution in [3.8, 4) is 11.5 Å². The summed E-state index contributed by atoms with van der Waals surface area (Å²) in [5, 5.41) is 1.12. The lowest BCUT2D eigenvalue weighted by Gasteiger charge is -2.35. The van der Waals surface area contributed by atoms with Crippen LogP contribution in [0.4, 0.5) is 0 Å². The van der Waals surface area contributed by atoms with Crippen molar-refractivity contribution in [1.82, 2.24) is 4.98 Å². The average molecular weight is 340 g/mol. The van der Waals surface area contributed by atoms with Crippen molar-refractivity contribution in [3.05, 3.63) is 30.0 Å². The van der Waals surface area contributed by atoms with E-state index in [1.165, 1.54) is 5.56 Å². The summed E-state index contributed by atoms with van der Waals surface area (Å²) in [6.45, 7) is 0.732. The van der Waals surface area contributed by atoms with Crippen molar-refractivity contribution < 1.29 is 14.3 Å². The molecule has 5 heteroatoms. The minimum Gasteiger partial charge on any atom is -0.497 e. The Morgan fingerprint density at radius 1 is 1.24 bits per heavy atom. The number of pyridine rings is 1. The SMILES string of the molecule is COc1ccc2ncc3c(c2c1)CC([C@H]1CC[C@H](C(N)=O)CC1)CO3. The van der Waals surface area contributed by atoms with Crippen LogP contribution in [0.3, 0.4) is 0 Å². The fraction of sp³-hybridized carbons (Fsp3) is 0.500. The smallest absolute Gasteiger partial charge is 0.220 e. The summed E-state index contributed by atoms with van der Waals surface area (Å²) < 4.78 is 11.4. The van der Waals surface area contributed by atoms with E-state index < -0.39 is 0 Å². The van der Waals surface area contributed by atoms with Crippen LogP contribution in [-0.2, 0) is 11.2 Å². The van der Waals surface area contributed by atoms with Gasteiger partial charge in [-0.2, -0.15) is 0 Å². The van der Waals surface area contributed by atoms with Crippen LogP contribution < -0.4 is 15.2 Å². The second-order valence-corrected chi connectivity index (χ2v) is 7.27. The molecule has 1 aromatic heterocycles. The minimum atomic E-state index is -0.146. The average Bonchev–Trinajstić information content (AvgIpc) is 2.67. The number of primary amides is 1. The molecule has 1 fully saturated rings. The molecular weight excluding hydrogens is 316 g/mol. The normalized spacial score (nSPS) is 25.9. The molecule has 1 unspecified atom stereocenters. The lowest BCUT2D eigenvalue weighted by molar-refractivity contribution is -0.123. The molecule has 2 aromatic rings. The van der Waals surface area contributed by atoms with Gasteiger partial charge in [-0.25, -0.2) is 0 Å². The first-order valence-corrected chi connectivity index (χ1v) is 9.03. The van der Waals surface area contributed by atoms with E-state index in [1.54, 1.807) is 7.11 Å². The first-order chi connectivity index (χ1) is 12.2. The van der Waals surface area contributed by atoms with Gasteiger partial charge in [0.25, 0.3) is 0 Å². The van der Waals surface area contributed by atoms with E-state index in [-0.39, 0.29) is 11.8 Å². The number of amides is 1. The molecule has 132 valence electrons. The number of benzene rings is 1. The molecule has 0 spiro atoms. The molecule has 25 heavy (non-hydrogen) atoms. The summed E-state index contributed by atoms with van der Waals surface area (Å²) in [5.74, 6) is 2.72. The number of ether oxygens (including phenoxy) is 2. The third-order valence-electron chi connectivity index (χ3n) is 5.91. The molecule has 2 heterocycles. The van der Waals surface area contributed by atoms with Gasteiger partial charge in [0.05, 0.1) is 25.4 Å². The van der Waals surface area contributed by atoms with E-state index >= 15 is 0 Å². The van der Waals surface area contributed by atoms with Crippen molar-refractivity contribution in [2.75, 3.05) is 13.7 Å². The number of carbonyl (C=O) groups excluding carboxylic acids is 1. The number of nitrogens with two attached hydrogens (primary N) is 1. The van der Waals surface area contributed by atoms with E-state index in [0.717, 1.165) is 61.1 Å². The number of nitrogens with zero attached hydrogens (tertiary/aromatic N) is 1. The minimum absolute atomic E-state index is 0.0577. The number of aromatic nitrogens is 1. The van der Waals surface area contributed by atoms with Gasteiger partial charge < -0.3 is 15.2 Å². The number of rotatable bonds is 3.